The first-order chi connectivity index (χ1) is 9.51. The van der Waals surface area contributed by atoms with Crippen molar-refractivity contribution in [2.75, 3.05) is 5.32 Å². The van der Waals surface area contributed by atoms with Crippen LogP contribution in [0.25, 0.3) is 0 Å². The van der Waals surface area contributed by atoms with E-state index in [0.717, 1.165) is 10.7 Å². The molecule has 0 saturated heterocycles. The molecule has 21 heavy (non-hydrogen) atoms. The number of hydrogen-bond donors (Lipinski definition) is 2. The Labute approximate surface area is 139 Å². The SMILES string of the molecule is CC(C)c1cc(Cl)cc(C(C)C)c1NC(=S)NC(C)(C)C. The molecule has 0 aromatic heterocycles. The van der Waals surface area contributed by atoms with Gasteiger partial charge in [-0.1, -0.05) is 39.3 Å². The summed E-state index contributed by atoms with van der Waals surface area (Å²) in [5.74, 6) is 0.752. The van der Waals surface area contributed by atoms with Crippen LogP contribution >= 0.6 is 23.8 Å². The smallest absolute Gasteiger partial charge is 0.171 e. The number of thiocarbonyl (C=S) groups is 1. The quantitative estimate of drug-likeness (QED) is 0.699. The maximum atomic E-state index is 6.28. The normalized spacial score (nSPS) is 11.9. The zero-order chi connectivity index (χ0) is 16.4. The van der Waals surface area contributed by atoms with Crippen molar-refractivity contribution >= 4 is 34.6 Å². The standard InChI is InChI=1S/C17H27ClN2S/c1-10(2)13-8-12(18)9-14(11(3)4)15(13)19-16(21)20-17(5,6)7/h8-11H,1-7H3,(H2,19,20,21). The fraction of sp³-hybridized carbons (Fsp3) is 0.588. The molecule has 1 aromatic rings. The minimum absolute atomic E-state index is 0.0630. The molecule has 0 aliphatic rings. The predicted molar refractivity (Wildman–Crippen MR) is 98.7 cm³/mol. The second-order valence-electron chi connectivity index (χ2n) is 7.10. The first-order valence-corrected chi connectivity index (χ1v) is 8.22. The number of hydrogen-bond acceptors (Lipinski definition) is 1. The summed E-state index contributed by atoms with van der Waals surface area (Å²) in [4.78, 5) is 0. The number of benzene rings is 1. The molecule has 0 amide bonds. The molecule has 0 radical (unpaired) electrons. The van der Waals surface area contributed by atoms with Gasteiger partial charge in [-0.15, -0.1) is 0 Å². The van der Waals surface area contributed by atoms with Crippen molar-refractivity contribution in [3.8, 4) is 0 Å². The molecule has 2 nitrogen and oxygen atoms in total. The topological polar surface area (TPSA) is 24.1 Å². The van der Waals surface area contributed by atoms with Gasteiger partial charge in [-0.2, -0.15) is 0 Å². The summed E-state index contributed by atoms with van der Waals surface area (Å²) in [6.45, 7) is 14.9. The molecule has 1 rings (SSSR count). The van der Waals surface area contributed by atoms with Crippen LogP contribution in [0, 0.1) is 0 Å². The summed E-state index contributed by atoms with van der Waals surface area (Å²) in [5, 5.41) is 8.12. The average molecular weight is 327 g/mol. The summed E-state index contributed by atoms with van der Waals surface area (Å²) in [6.07, 6.45) is 0. The third kappa shape index (κ3) is 5.48. The molecule has 0 fully saturated rings. The number of rotatable bonds is 3. The lowest BCUT2D eigenvalue weighted by molar-refractivity contribution is 0.515. The fourth-order valence-electron chi connectivity index (χ4n) is 2.19. The molecule has 0 saturated carbocycles. The van der Waals surface area contributed by atoms with Crippen LogP contribution in [0.2, 0.25) is 5.02 Å². The molecular weight excluding hydrogens is 300 g/mol. The van der Waals surface area contributed by atoms with E-state index in [1.54, 1.807) is 0 Å². The highest BCUT2D eigenvalue weighted by Crippen LogP contribution is 2.35. The molecule has 0 atom stereocenters. The van der Waals surface area contributed by atoms with E-state index in [0.29, 0.717) is 16.9 Å². The molecule has 1 aromatic carbocycles. The Kier molecular flexibility index (Phi) is 6.06. The van der Waals surface area contributed by atoms with Gasteiger partial charge in [0.2, 0.25) is 0 Å². The Bertz CT molecular complexity index is 487. The zero-order valence-corrected chi connectivity index (χ0v) is 15.7. The van der Waals surface area contributed by atoms with Crippen molar-refractivity contribution < 1.29 is 0 Å². The number of halogens is 1. The van der Waals surface area contributed by atoms with Crippen LogP contribution in [0.15, 0.2) is 12.1 Å². The van der Waals surface area contributed by atoms with Crippen LogP contribution in [-0.4, -0.2) is 10.7 Å². The third-order valence-electron chi connectivity index (χ3n) is 3.14. The van der Waals surface area contributed by atoms with Crippen LogP contribution in [0.3, 0.4) is 0 Å². The highest BCUT2D eigenvalue weighted by atomic mass is 35.5. The van der Waals surface area contributed by atoms with Crippen molar-refractivity contribution in [2.24, 2.45) is 0 Å². The monoisotopic (exact) mass is 326 g/mol. The Balaban J connectivity index is 3.22. The van der Waals surface area contributed by atoms with Crippen LogP contribution in [0.5, 0.6) is 0 Å². The highest BCUT2D eigenvalue weighted by molar-refractivity contribution is 7.80. The van der Waals surface area contributed by atoms with Gasteiger partial charge in [0.25, 0.3) is 0 Å². The van der Waals surface area contributed by atoms with E-state index in [1.807, 2.05) is 12.1 Å². The van der Waals surface area contributed by atoms with Crippen molar-refractivity contribution in [1.29, 1.82) is 0 Å². The van der Waals surface area contributed by atoms with Crippen LogP contribution in [-0.2, 0) is 0 Å². The zero-order valence-electron chi connectivity index (χ0n) is 14.1. The first-order valence-electron chi connectivity index (χ1n) is 7.43. The first kappa shape index (κ1) is 18.2. The lowest BCUT2D eigenvalue weighted by Gasteiger charge is -2.26. The van der Waals surface area contributed by atoms with E-state index in [-0.39, 0.29) is 5.54 Å². The summed E-state index contributed by atoms with van der Waals surface area (Å²) < 4.78 is 0. The molecule has 0 heterocycles. The van der Waals surface area contributed by atoms with E-state index in [2.05, 4.69) is 59.1 Å². The van der Waals surface area contributed by atoms with Crippen molar-refractivity contribution in [3.05, 3.63) is 28.3 Å². The van der Waals surface area contributed by atoms with Gasteiger partial charge in [0.15, 0.2) is 5.11 Å². The molecule has 4 heteroatoms. The van der Waals surface area contributed by atoms with Gasteiger partial charge in [0.05, 0.1) is 0 Å². The Morgan fingerprint density at radius 3 is 1.81 bits per heavy atom. The predicted octanol–water partition coefficient (Wildman–Crippen LogP) is 5.67. The second kappa shape index (κ2) is 6.97. The average Bonchev–Trinajstić information content (AvgIpc) is 2.27. The van der Waals surface area contributed by atoms with Crippen LogP contribution in [0.1, 0.15) is 71.4 Å². The number of anilines is 1. The molecule has 0 unspecified atom stereocenters. The molecular formula is C17H27ClN2S. The van der Waals surface area contributed by atoms with Crippen molar-refractivity contribution in [3.63, 3.8) is 0 Å². The highest BCUT2D eigenvalue weighted by Gasteiger charge is 2.18. The van der Waals surface area contributed by atoms with Gasteiger partial charge >= 0.3 is 0 Å². The Morgan fingerprint density at radius 2 is 1.48 bits per heavy atom. The summed E-state index contributed by atoms with van der Waals surface area (Å²) in [7, 11) is 0. The van der Waals surface area contributed by atoms with E-state index >= 15 is 0 Å². The van der Waals surface area contributed by atoms with Crippen molar-refractivity contribution in [2.45, 2.75) is 65.8 Å². The van der Waals surface area contributed by atoms with Crippen molar-refractivity contribution in [1.82, 2.24) is 5.32 Å². The molecule has 118 valence electrons. The molecule has 0 aliphatic heterocycles. The van der Waals surface area contributed by atoms with Gasteiger partial charge < -0.3 is 10.6 Å². The molecule has 0 aliphatic carbocycles. The van der Waals surface area contributed by atoms with Gasteiger partial charge in [0.1, 0.15) is 0 Å². The minimum Gasteiger partial charge on any atom is -0.358 e. The maximum absolute atomic E-state index is 6.28. The summed E-state index contributed by atoms with van der Waals surface area (Å²) in [6, 6.07) is 4.06. The lowest BCUT2D eigenvalue weighted by Crippen LogP contribution is -2.43. The minimum atomic E-state index is -0.0630. The van der Waals surface area contributed by atoms with E-state index in [1.165, 1.54) is 11.1 Å². The Morgan fingerprint density at radius 1 is 1.05 bits per heavy atom. The molecule has 0 bridgehead atoms. The van der Waals surface area contributed by atoms with E-state index in [4.69, 9.17) is 23.8 Å². The van der Waals surface area contributed by atoms with E-state index in [9.17, 15) is 0 Å². The van der Waals surface area contributed by atoms with Gasteiger partial charge in [-0.25, -0.2) is 0 Å². The van der Waals surface area contributed by atoms with Crippen LogP contribution < -0.4 is 10.6 Å². The van der Waals surface area contributed by atoms with Gasteiger partial charge in [-0.3, -0.25) is 0 Å². The summed E-state index contributed by atoms with van der Waals surface area (Å²) >= 11 is 11.7. The van der Waals surface area contributed by atoms with E-state index < -0.39 is 0 Å². The second-order valence-corrected chi connectivity index (χ2v) is 7.94. The lowest BCUT2D eigenvalue weighted by atomic mass is 9.92. The maximum Gasteiger partial charge on any atom is 0.171 e. The number of nitrogens with one attached hydrogen (secondary N) is 2. The van der Waals surface area contributed by atoms with Gasteiger partial charge in [-0.05, 0) is 68.1 Å². The molecule has 2 N–H and O–H groups in total. The van der Waals surface area contributed by atoms with Gasteiger partial charge in [0, 0.05) is 16.2 Å². The molecule has 0 spiro atoms. The largest absolute Gasteiger partial charge is 0.358 e. The Hall–Kier alpha value is -0.800. The van der Waals surface area contributed by atoms with Crippen LogP contribution in [0.4, 0.5) is 5.69 Å². The summed E-state index contributed by atoms with van der Waals surface area (Å²) in [5.41, 5.74) is 3.42. The third-order valence-corrected chi connectivity index (χ3v) is 3.56. The fourth-order valence-corrected chi connectivity index (χ4v) is 2.83.